The minimum atomic E-state index is -4.46. The molecule has 0 aromatic heterocycles. The van der Waals surface area contributed by atoms with E-state index in [2.05, 4.69) is 10.5 Å². The predicted octanol–water partition coefficient (Wildman–Crippen LogP) is 3.97. The van der Waals surface area contributed by atoms with Gasteiger partial charge in [0.05, 0.1) is 17.5 Å². The first kappa shape index (κ1) is 18.7. The van der Waals surface area contributed by atoms with Gasteiger partial charge < -0.3 is 0 Å². The number of nitrogens with one attached hydrogen (secondary N) is 1. The van der Waals surface area contributed by atoms with E-state index in [0.29, 0.717) is 11.3 Å². The van der Waals surface area contributed by atoms with E-state index in [9.17, 15) is 22.8 Å². The van der Waals surface area contributed by atoms with Gasteiger partial charge in [0, 0.05) is 10.9 Å². The van der Waals surface area contributed by atoms with E-state index in [1.54, 1.807) is 24.3 Å². The lowest BCUT2D eigenvalue weighted by molar-refractivity contribution is -0.137. The summed E-state index contributed by atoms with van der Waals surface area (Å²) in [6.45, 7) is -0.257. The lowest BCUT2D eigenvalue weighted by Crippen LogP contribution is -2.37. The van der Waals surface area contributed by atoms with Crippen molar-refractivity contribution in [1.82, 2.24) is 5.43 Å². The molecule has 1 heterocycles. The Labute approximate surface area is 163 Å². The van der Waals surface area contributed by atoms with Crippen LogP contribution < -0.4 is 10.3 Å². The van der Waals surface area contributed by atoms with Gasteiger partial charge in [-0.2, -0.15) is 18.3 Å². The third-order valence-electron chi connectivity index (χ3n) is 4.57. The summed E-state index contributed by atoms with van der Waals surface area (Å²) in [5.74, 6) is -0.847. The molecule has 3 aromatic carbocycles. The zero-order valence-corrected chi connectivity index (χ0v) is 14.9. The van der Waals surface area contributed by atoms with E-state index in [1.807, 2.05) is 12.1 Å². The van der Waals surface area contributed by atoms with Crippen molar-refractivity contribution >= 4 is 34.5 Å². The molecule has 0 unspecified atom stereocenters. The van der Waals surface area contributed by atoms with E-state index in [4.69, 9.17) is 0 Å². The van der Waals surface area contributed by atoms with Gasteiger partial charge >= 0.3 is 6.18 Å². The maximum absolute atomic E-state index is 12.7. The van der Waals surface area contributed by atoms with Gasteiger partial charge in [0.25, 0.3) is 11.8 Å². The summed E-state index contributed by atoms with van der Waals surface area (Å²) in [5, 5.41) is 5.39. The van der Waals surface area contributed by atoms with Crippen LogP contribution in [0.1, 0.15) is 21.5 Å². The Hall–Kier alpha value is -3.68. The highest BCUT2D eigenvalue weighted by atomic mass is 19.4. The molecule has 4 rings (SSSR count). The second-order valence-corrected chi connectivity index (χ2v) is 6.49. The average Bonchev–Trinajstić information content (AvgIpc) is 2.96. The first-order valence-electron chi connectivity index (χ1n) is 8.67. The first-order valence-corrected chi connectivity index (χ1v) is 8.67. The van der Waals surface area contributed by atoms with Crippen LogP contribution in [0.4, 0.5) is 18.9 Å². The molecule has 2 amide bonds. The van der Waals surface area contributed by atoms with Crippen molar-refractivity contribution in [2.45, 2.75) is 6.18 Å². The normalized spacial score (nSPS) is 13.5. The fraction of sp³-hybridized carbons (Fsp3) is 0.0952. The van der Waals surface area contributed by atoms with E-state index in [1.165, 1.54) is 17.0 Å². The van der Waals surface area contributed by atoms with Crippen LogP contribution in [0.5, 0.6) is 0 Å². The summed E-state index contributed by atoms with van der Waals surface area (Å²) >= 11 is 0. The molecule has 5 nitrogen and oxygen atoms in total. The van der Waals surface area contributed by atoms with E-state index >= 15 is 0 Å². The maximum Gasteiger partial charge on any atom is 0.416 e. The number of benzene rings is 3. The van der Waals surface area contributed by atoms with Crippen LogP contribution in [0.2, 0.25) is 0 Å². The largest absolute Gasteiger partial charge is 0.416 e. The van der Waals surface area contributed by atoms with Gasteiger partial charge in [-0.1, -0.05) is 36.4 Å². The SMILES string of the molecule is O=C(CN1C(=O)c2cccc3cccc1c23)N/N=C\c1cccc(C(F)(F)F)c1. The number of amides is 2. The van der Waals surface area contributed by atoms with E-state index in [-0.39, 0.29) is 18.0 Å². The smallest absolute Gasteiger partial charge is 0.298 e. The highest BCUT2D eigenvalue weighted by Gasteiger charge is 2.31. The van der Waals surface area contributed by atoms with Gasteiger partial charge in [0.1, 0.15) is 6.54 Å². The number of carbonyl (C=O) groups excluding carboxylic acids is 2. The minimum Gasteiger partial charge on any atom is -0.298 e. The van der Waals surface area contributed by atoms with Crippen LogP contribution in [0.3, 0.4) is 0 Å². The Morgan fingerprint density at radius 3 is 2.55 bits per heavy atom. The molecule has 0 saturated carbocycles. The summed E-state index contributed by atoms with van der Waals surface area (Å²) in [6.07, 6.45) is -3.34. The van der Waals surface area contributed by atoms with Crippen molar-refractivity contribution in [2.75, 3.05) is 11.4 Å². The van der Waals surface area contributed by atoms with Gasteiger partial charge in [-0.25, -0.2) is 5.43 Å². The molecular formula is C21H14F3N3O2. The molecule has 0 saturated heterocycles. The molecule has 1 aliphatic rings. The maximum atomic E-state index is 12.7. The first-order chi connectivity index (χ1) is 13.8. The molecule has 0 spiro atoms. The monoisotopic (exact) mass is 397 g/mol. The van der Waals surface area contributed by atoms with Crippen LogP contribution in [-0.2, 0) is 11.0 Å². The molecule has 1 aliphatic heterocycles. The zero-order chi connectivity index (χ0) is 20.6. The van der Waals surface area contributed by atoms with Crippen molar-refractivity contribution in [2.24, 2.45) is 5.10 Å². The molecule has 0 fully saturated rings. The molecular weight excluding hydrogens is 383 g/mol. The van der Waals surface area contributed by atoms with Crippen LogP contribution in [-0.4, -0.2) is 24.6 Å². The zero-order valence-electron chi connectivity index (χ0n) is 14.9. The number of hydrazone groups is 1. The molecule has 1 N–H and O–H groups in total. The summed E-state index contributed by atoms with van der Waals surface area (Å²) in [5.41, 5.74) is 2.80. The van der Waals surface area contributed by atoms with Gasteiger partial charge in [-0.3, -0.25) is 14.5 Å². The average molecular weight is 397 g/mol. The van der Waals surface area contributed by atoms with Crippen molar-refractivity contribution in [3.05, 3.63) is 77.4 Å². The molecule has 0 bridgehead atoms. The standard InChI is InChI=1S/C21H14F3N3O2/c22-21(23,24)15-7-1-4-13(10-15)11-25-26-18(28)12-27-17-9-3-6-14-5-2-8-16(19(14)17)20(27)29/h1-11H,12H2,(H,26,28)/b25-11-. The number of rotatable bonds is 4. The number of alkyl halides is 3. The summed E-state index contributed by atoms with van der Waals surface area (Å²) in [6, 6.07) is 15.4. The summed E-state index contributed by atoms with van der Waals surface area (Å²) in [7, 11) is 0. The Morgan fingerprint density at radius 1 is 1.07 bits per heavy atom. The molecule has 0 radical (unpaired) electrons. The quantitative estimate of drug-likeness (QED) is 0.535. The number of hydrogen-bond acceptors (Lipinski definition) is 3. The number of halogens is 3. The summed E-state index contributed by atoms with van der Waals surface area (Å²) < 4.78 is 38.2. The lowest BCUT2D eigenvalue weighted by Gasteiger charge is -2.16. The van der Waals surface area contributed by atoms with Crippen LogP contribution in [0.15, 0.2) is 65.8 Å². The van der Waals surface area contributed by atoms with Crippen molar-refractivity contribution in [1.29, 1.82) is 0 Å². The second kappa shape index (κ2) is 7.05. The third kappa shape index (κ3) is 3.56. The van der Waals surface area contributed by atoms with Gasteiger partial charge in [0.2, 0.25) is 0 Å². The molecule has 0 aliphatic carbocycles. The molecule has 8 heteroatoms. The molecule has 146 valence electrons. The topological polar surface area (TPSA) is 61.8 Å². The van der Waals surface area contributed by atoms with Gasteiger partial charge in [-0.15, -0.1) is 0 Å². The number of hydrogen-bond donors (Lipinski definition) is 1. The van der Waals surface area contributed by atoms with E-state index < -0.39 is 17.6 Å². The Morgan fingerprint density at radius 2 is 1.79 bits per heavy atom. The fourth-order valence-corrected chi connectivity index (χ4v) is 3.29. The van der Waals surface area contributed by atoms with Gasteiger partial charge in [-0.05, 0) is 35.2 Å². The number of carbonyl (C=O) groups is 2. The predicted molar refractivity (Wildman–Crippen MR) is 103 cm³/mol. The molecule has 3 aromatic rings. The second-order valence-electron chi connectivity index (χ2n) is 6.49. The fourth-order valence-electron chi connectivity index (χ4n) is 3.29. The Bertz CT molecular complexity index is 1150. The van der Waals surface area contributed by atoms with Crippen molar-refractivity contribution < 1.29 is 22.8 Å². The van der Waals surface area contributed by atoms with Crippen molar-refractivity contribution in [3.63, 3.8) is 0 Å². The highest BCUT2D eigenvalue weighted by molar-refractivity contribution is 6.26. The van der Waals surface area contributed by atoms with Crippen LogP contribution in [0, 0.1) is 0 Å². The Kier molecular flexibility index (Phi) is 4.54. The minimum absolute atomic E-state index is 0.189. The number of nitrogens with zero attached hydrogens (tertiary/aromatic N) is 2. The third-order valence-corrected chi connectivity index (χ3v) is 4.57. The molecule has 29 heavy (non-hydrogen) atoms. The lowest BCUT2D eigenvalue weighted by atomic mass is 10.1. The van der Waals surface area contributed by atoms with Crippen molar-refractivity contribution in [3.8, 4) is 0 Å². The van der Waals surface area contributed by atoms with E-state index in [0.717, 1.165) is 29.1 Å². The number of anilines is 1. The van der Waals surface area contributed by atoms with Gasteiger partial charge in [0.15, 0.2) is 0 Å². The summed E-state index contributed by atoms with van der Waals surface area (Å²) in [4.78, 5) is 26.2. The van der Waals surface area contributed by atoms with Crippen LogP contribution >= 0.6 is 0 Å². The Balaban J connectivity index is 1.46. The highest BCUT2D eigenvalue weighted by Crippen LogP contribution is 2.36. The molecule has 0 atom stereocenters. The van der Waals surface area contributed by atoms with Crippen LogP contribution in [0.25, 0.3) is 10.8 Å².